The molecule has 122 valence electrons. The molecule has 2 saturated carbocycles. The van der Waals surface area contributed by atoms with Crippen LogP contribution in [0.5, 0.6) is 0 Å². The molecule has 1 aliphatic heterocycles. The Kier molecular flexibility index (Phi) is 2.71. The van der Waals surface area contributed by atoms with Crippen LogP contribution in [-0.4, -0.2) is 16.7 Å². The van der Waals surface area contributed by atoms with E-state index in [2.05, 4.69) is 28.1 Å². The smallest absolute Gasteiger partial charge is 0.274 e. The number of benzene rings is 1. The highest BCUT2D eigenvalue weighted by atomic mass is 79.9. The quantitative estimate of drug-likeness (QED) is 0.337. The normalized spacial score (nSPS) is 38.3. The zero-order chi connectivity index (χ0) is 16.7. The number of anilines is 1. The number of rotatable bonds is 2. The van der Waals surface area contributed by atoms with E-state index < -0.39 is 4.92 Å². The molecule has 2 amide bonds. The number of allylic oxidation sites excluding steroid dienone is 2. The van der Waals surface area contributed by atoms with Gasteiger partial charge < -0.3 is 0 Å². The Labute approximate surface area is 145 Å². The van der Waals surface area contributed by atoms with E-state index in [1.165, 1.54) is 12.1 Å². The molecular weight excluding hydrogens is 376 g/mol. The first-order valence-corrected chi connectivity index (χ1v) is 8.78. The number of amides is 2. The van der Waals surface area contributed by atoms with Crippen molar-refractivity contribution in [2.75, 3.05) is 4.90 Å². The summed E-state index contributed by atoms with van der Waals surface area (Å²) in [5, 5.41) is 11.4. The van der Waals surface area contributed by atoms with Gasteiger partial charge in [0.15, 0.2) is 0 Å². The van der Waals surface area contributed by atoms with Crippen molar-refractivity contribution in [2.45, 2.75) is 6.42 Å². The SMILES string of the molecule is O=C1[C@H]2[C@@H]3C=C[C@@H]([C@H]4C[C@H]34)[C@@H]2C(=O)N1c1ccc(Br)cc1[N+](=O)[O-]. The fourth-order valence-electron chi connectivity index (χ4n) is 5.03. The van der Waals surface area contributed by atoms with E-state index in [1.54, 1.807) is 6.07 Å². The van der Waals surface area contributed by atoms with Crippen LogP contribution >= 0.6 is 15.9 Å². The lowest BCUT2D eigenvalue weighted by Crippen LogP contribution is -2.40. The summed E-state index contributed by atoms with van der Waals surface area (Å²) in [4.78, 5) is 37.9. The molecule has 7 heteroatoms. The van der Waals surface area contributed by atoms with Gasteiger partial charge in [0, 0.05) is 10.5 Å². The Bertz CT molecular complexity index is 815. The van der Waals surface area contributed by atoms with Crippen LogP contribution in [-0.2, 0) is 9.59 Å². The van der Waals surface area contributed by atoms with Gasteiger partial charge in [-0.3, -0.25) is 19.7 Å². The van der Waals surface area contributed by atoms with E-state index in [0.717, 1.165) is 11.3 Å². The van der Waals surface area contributed by atoms with Crippen LogP contribution in [0.1, 0.15) is 6.42 Å². The largest absolute Gasteiger partial charge is 0.294 e. The molecule has 6 nitrogen and oxygen atoms in total. The molecule has 0 unspecified atom stereocenters. The van der Waals surface area contributed by atoms with Gasteiger partial charge in [0.1, 0.15) is 5.69 Å². The van der Waals surface area contributed by atoms with E-state index in [4.69, 9.17) is 0 Å². The van der Waals surface area contributed by atoms with E-state index in [1.807, 2.05) is 0 Å². The minimum Gasteiger partial charge on any atom is -0.274 e. The third-order valence-corrected chi connectivity index (χ3v) is 6.53. The number of carbonyl (C=O) groups excluding carboxylic acids is 2. The summed E-state index contributed by atoms with van der Waals surface area (Å²) in [6.45, 7) is 0. The van der Waals surface area contributed by atoms with Crippen LogP contribution in [0.15, 0.2) is 34.8 Å². The van der Waals surface area contributed by atoms with Gasteiger partial charge in [0.2, 0.25) is 11.8 Å². The predicted molar refractivity (Wildman–Crippen MR) is 88.0 cm³/mol. The number of nitro benzene ring substituents is 1. The van der Waals surface area contributed by atoms with Crippen LogP contribution < -0.4 is 4.90 Å². The minimum atomic E-state index is -0.549. The van der Waals surface area contributed by atoms with Crippen LogP contribution in [0, 0.1) is 45.6 Å². The van der Waals surface area contributed by atoms with Crippen molar-refractivity contribution in [1.29, 1.82) is 0 Å². The Morgan fingerprint density at radius 1 is 1.08 bits per heavy atom. The molecule has 3 fully saturated rings. The Morgan fingerprint density at radius 2 is 1.67 bits per heavy atom. The van der Waals surface area contributed by atoms with Gasteiger partial charge in [-0.15, -0.1) is 0 Å². The van der Waals surface area contributed by atoms with Gasteiger partial charge in [0.25, 0.3) is 5.69 Å². The van der Waals surface area contributed by atoms with Gasteiger partial charge in [-0.05, 0) is 42.2 Å². The summed E-state index contributed by atoms with van der Waals surface area (Å²) < 4.78 is 0.539. The van der Waals surface area contributed by atoms with Gasteiger partial charge in [-0.2, -0.15) is 0 Å². The zero-order valence-electron chi connectivity index (χ0n) is 12.5. The van der Waals surface area contributed by atoms with Gasteiger partial charge in [-0.1, -0.05) is 28.1 Å². The first kappa shape index (κ1) is 14.3. The molecule has 0 N–H and O–H groups in total. The molecule has 1 aromatic carbocycles. The van der Waals surface area contributed by atoms with E-state index >= 15 is 0 Å². The van der Waals surface area contributed by atoms with Crippen molar-refractivity contribution < 1.29 is 14.5 Å². The lowest BCUT2D eigenvalue weighted by molar-refractivity contribution is -0.384. The van der Waals surface area contributed by atoms with Crippen molar-refractivity contribution in [3.05, 3.63) is 44.9 Å². The van der Waals surface area contributed by atoms with E-state index in [9.17, 15) is 19.7 Å². The summed E-state index contributed by atoms with van der Waals surface area (Å²) in [5.41, 5.74) is -0.143. The van der Waals surface area contributed by atoms with Crippen molar-refractivity contribution in [1.82, 2.24) is 0 Å². The molecule has 0 spiro atoms. The Balaban J connectivity index is 1.61. The summed E-state index contributed by atoms with van der Waals surface area (Å²) in [5.74, 6) is -0.00290. The number of imide groups is 1. The Hall–Kier alpha value is -2.02. The molecule has 1 heterocycles. The van der Waals surface area contributed by atoms with Crippen molar-refractivity contribution in [3.8, 4) is 0 Å². The average molecular weight is 389 g/mol. The second-order valence-electron chi connectivity index (χ2n) is 7.06. The molecule has 0 aromatic heterocycles. The maximum absolute atomic E-state index is 13.0. The summed E-state index contributed by atoms with van der Waals surface area (Å²) in [7, 11) is 0. The van der Waals surface area contributed by atoms with Gasteiger partial charge in [0.05, 0.1) is 16.8 Å². The number of hydrogen-bond donors (Lipinski definition) is 0. The highest BCUT2D eigenvalue weighted by molar-refractivity contribution is 9.10. The molecule has 6 atom stereocenters. The monoisotopic (exact) mass is 388 g/mol. The number of hydrogen-bond acceptors (Lipinski definition) is 4. The van der Waals surface area contributed by atoms with E-state index in [0.29, 0.717) is 16.3 Å². The van der Waals surface area contributed by atoms with Crippen molar-refractivity contribution in [3.63, 3.8) is 0 Å². The minimum absolute atomic E-state index is 0.0840. The maximum Gasteiger partial charge on any atom is 0.294 e. The molecule has 2 bridgehead atoms. The predicted octanol–water partition coefficient (Wildman–Crippen LogP) is 2.91. The summed E-state index contributed by atoms with van der Waals surface area (Å²) in [6.07, 6.45) is 5.27. The topological polar surface area (TPSA) is 80.5 Å². The lowest BCUT2D eigenvalue weighted by atomic mass is 9.63. The second-order valence-corrected chi connectivity index (χ2v) is 7.97. The van der Waals surface area contributed by atoms with Gasteiger partial charge in [-0.25, -0.2) is 4.90 Å². The Morgan fingerprint density at radius 3 is 2.21 bits per heavy atom. The molecule has 0 radical (unpaired) electrons. The van der Waals surface area contributed by atoms with E-state index in [-0.39, 0.29) is 46.9 Å². The number of carbonyl (C=O) groups is 2. The highest BCUT2D eigenvalue weighted by Crippen LogP contribution is 2.65. The molecule has 6 rings (SSSR count). The van der Waals surface area contributed by atoms with Crippen LogP contribution in [0.25, 0.3) is 0 Å². The number of halogens is 1. The first-order chi connectivity index (χ1) is 11.5. The van der Waals surface area contributed by atoms with Crippen LogP contribution in [0.2, 0.25) is 0 Å². The molecule has 5 aliphatic rings. The van der Waals surface area contributed by atoms with Crippen LogP contribution in [0.3, 0.4) is 0 Å². The van der Waals surface area contributed by atoms with Crippen molar-refractivity contribution >= 4 is 39.1 Å². The lowest BCUT2D eigenvalue weighted by Gasteiger charge is -2.37. The third-order valence-electron chi connectivity index (χ3n) is 6.04. The first-order valence-electron chi connectivity index (χ1n) is 7.99. The molecule has 1 aromatic rings. The summed E-state index contributed by atoms with van der Waals surface area (Å²) >= 11 is 3.20. The molecule has 4 aliphatic carbocycles. The fourth-order valence-corrected chi connectivity index (χ4v) is 5.38. The molecular formula is C17H13BrN2O4. The van der Waals surface area contributed by atoms with Gasteiger partial charge >= 0.3 is 0 Å². The van der Waals surface area contributed by atoms with Crippen LogP contribution in [0.4, 0.5) is 11.4 Å². The molecule has 1 saturated heterocycles. The third kappa shape index (κ3) is 1.65. The highest BCUT2D eigenvalue weighted by Gasteiger charge is 2.67. The average Bonchev–Trinajstić information content (AvgIpc) is 3.33. The number of nitrogens with zero attached hydrogens (tertiary/aromatic N) is 2. The number of nitro groups is 1. The maximum atomic E-state index is 13.0. The standard InChI is InChI=1S/C17H13BrN2O4/c18-7-1-4-12(13(5-7)20(23)24)19-16(21)14-8-2-3-9(11-6-10(8)11)15(14)17(19)22/h1-5,8-11,14-15H,6H2/t8-,9+,10-,11-,14+,15+/m1/s1. The fraction of sp³-hybridized carbons (Fsp3) is 0.412. The zero-order valence-corrected chi connectivity index (χ0v) is 14.0. The molecule has 24 heavy (non-hydrogen) atoms. The summed E-state index contributed by atoms with van der Waals surface area (Å²) in [6, 6.07) is 4.43. The van der Waals surface area contributed by atoms with Crippen molar-refractivity contribution in [2.24, 2.45) is 35.5 Å². The second kappa shape index (κ2) is 4.53.